The summed E-state index contributed by atoms with van der Waals surface area (Å²) in [6.45, 7) is 3.79. The molecule has 0 saturated heterocycles. The highest BCUT2D eigenvalue weighted by Gasteiger charge is 2.20. The summed E-state index contributed by atoms with van der Waals surface area (Å²) in [7, 11) is 0. The topological polar surface area (TPSA) is 66.4 Å². The first kappa shape index (κ1) is 14.9. The molecular formula is C13H16INO3. The molecule has 4 nitrogen and oxygen atoms in total. The van der Waals surface area contributed by atoms with E-state index >= 15 is 0 Å². The Kier molecular flexibility index (Phi) is 5.58. The maximum absolute atomic E-state index is 12.1. The van der Waals surface area contributed by atoms with Crippen molar-refractivity contribution >= 4 is 34.5 Å². The third-order valence-corrected chi connectivity index (χ3v) is 3.57. The van der Waals surface area contributed by atoms with E-state index in [0.29, 0.717) is 5.56 Å². The predicted octanol–water partition coefficient (Wildman–Crippen LogP) is 2.52. The van der Waals surface area contributed by atoms with Crippen molar-refractivity contribution in [3.63, 3.8) is 0 Å². The zero-order valence-electron chi connectivity index (χ0n) is 10.3. The maximum atomic E-state index is 12.1. The standard InChI is InChI=1S/C13H16INO3/c1-8(2)11(7-12(16)17)15-13(18)9-5-3-4-6-10(9)14/h3-6,8,11H,7H2,1-2H3,(H,15,18)(H,16,17). The van der Waals surface area contributed by atoms with E-state index in [-0.39, 0.29) is 24.3 Å². The summed E-state index contributed by atoms with van der Waals surface area (Å²) >= 11 is 2.09. The van der Waals surface area contributed by atoms with Crippen molar-refractivity contribution < 1.29 is 14.7 Å². The monoisotopic (exact) mass is 361 g/mol. The molecule has 0 fully saturated rings. The summed E-state index contributed by atoms with van der Waals surface area (Å²) < 4.78 is 0.852. The fourth-order valence-corrected chi connectivity index (χ4v) is 2.17. The lowest BCUT2D eigenvalue weighted by atomic mass is 10.0. The number of aliphatic carboxylic acids is 1. The minimum Gasteiger partial charge on any atom is -0.481 e. The highest BCUT2D eigenvalue weighted by atomic mass is 127. The van der Waals surface area contributed by atoms with Gasteiger partial charge in [0, 0.05) is 9.61 Å². The zero-order valence-corrected chi connectivity index (χ0v) is 12.5. The Labute approximate surface area is 120 Å². The summed E-state index contributed by atoms with van der Waals surface area (Å²) in [4.78, 5) is 22.8. The van der Waals surface area contributed by atoms with E-state index in [1.54, 1.807) is 12.1 Å². The van der Waals surface area contributed by atoms with Gasteiger partial charge in [-0.25, -0.2) is 0 Å². The molecule has 0 radical (unpaired) electrons. The number of rotatable bonds is 5. The van der Waals surface area contributed by atoms with Crippen LogP contribution in [-0.2, 0) is 4.79 Å². The number of carboxylic acids is 1. The van der Waals surface area contributed by atoms with Crippen LogP contribution in [0, 0.1) is 9.49 Å². The van der Waals surface area contributed by atoms with Crippen LogP contribution in [0.1, 0.15) is 30.6 Å². The minimum atomic E-state index is -0.906. The minimum absolute atomic E-state index is 0.0627. The summed E-state index contributed by atoms with van der Waals surface area (Å²) in [5.74, 6) is -1.05. The van der Waals surface area contributed by atoms with Gasteiger partial charge in [0.15, 0.2) is 0 Å². The average Bonchev–Trinajstić information content (AvgIpc) is 2.27. The second kappa shape index (κ2) is 6.72. The van der Waals surface area contributed by atoms with Gasteiger partial charge in [-0.2, -0.15) is 0 Å². The molecule has 5 heteroatoms. The first-order chi connectivity index (χ1) is 8.41. The lowest BCUT2D eigenvalue weighted by Crippen LogP contribution is -2.40. The number of carboxylic acid groups (broad SMARTS) is 1. The summed E-state index contributed by atoms with van der Waals surface area (Å²) in [5.41, 5.74) is 0.578. The van der Waals surface area contributed by atoms with Crippen molar-refractivity contribution in [1.29, 1.82) is 0 Å². The van der Waals surface area contributed by atoms with E-state index in [9.17, 15) is 9.59 Å². The van der Waals surface area contributed by atoms with Crippen LogP contribution < -0.4 is 5.32 Å². The van der Waals surface area contributed by atoms with Gasteiger partial charge < -0.3 is 10.4 Å². The van der Waals surface area contributed by atoms with E-state index in [4.69, 9.17) is 5.11 Å². The Morgan fingerprint density at radius 3 is 2.44 bits per heavy atom. The Morgan fingerprint density at radius 1 is 1.33 bits per heavy atom. The highest BCUT2D eigenvalue weighted by molar-refractivity contribution is 14.1. The molecular weight excluding hydrogens is 345 g/mol. The highest BCUT2D eigenvalue weighted by Crippen LogP contribution is 2.13. The van der Waals surface area contributed by atoms with E-state index in [1.807, 2.05) is 26.0 Å². The van der Waals surface area contributed by atoms with E-state index in [0.717, 1.165) is 3.57 Å². The number of carbonyl (C=O) groups is 2. The van der Waals surface area contributed by atoms with Gasteiger partial charge >= 0.3 is 5.97 Å². The zero-order chi connectivity index (χ0) is 13.7. The third kappa shape index (κ3) is 4.29. The normalized spacial score (nSPS) is 12.2. The van der Waals surface area contributed by atoms with Gasteiger partial charge in [0.05, 0.1) is 12.0 Å². The Morgan fingerprint density at radius 2 is 1.94 bits per heavy atom. The average molecular weight is 361 g/mol. The van der Waals surface area contributed by atoms with E-state index in [1.165, 1.54) is 0 Å². The third-order valence-electron chi connectivity index (χ3n) is 2.63. The van der Waals surface area contributed by atoms with Gasteiger partial charge in [0.1, 0.15) is 0 Å². The van der Waals surface area contributed by atoms with Crippen molar-refractivity contribution in [2.24, 2.45) is 5.92 Å². The fourth-order valence-electron chi connectivity index (χ4n) is 1.53. The quantitative estimate of drug-likeness (QED) is 0.793. The van der Waals surface area contributed by atoms with Crippen molar-refractivity contribution in [3.05, 3.63) is 33.4 Å². The Balaban J connectivity index is 2.79. The molecule has 1 rings (SSSR count). The molecule has 1 aromatic rings. The van der Waals surface area contributed by atoms with Crippen LogP contribution in [0.15, 0.2) is 24.3 Å². The summed E-state index contributed by atoms with van der Waals surface area (Å²) in [6.07, 6.45) is -0.0627. The molecule has 1 aromatic carbocycles. The Hall–Kier alpha value is -1.11. The molecule has 98 valence electrons. The molecule has 0 aliphatic rings. The van der Waals surface area contributed by atoms with Crippen molar-refractivity contribution in [1.82, 2.24) is 5.32 Å². The van der Waals surface area contributed by atoms with Gasteiger partial charge in [-0.1, -0.05) is 26.0 Å². The fraction of sp³-hybridized carbons (Fsp3) is 0.385. The number of nitrogens with one attached hydrogen (secondary N) is 1. The first-order valence-electron chi connectivity index (χ1n) is 5.69. The molecule has 0 heterocycles. The van der Waals surface area contributed by atoms with Crippen LogP contribution in [0.3, 0.4) is 0 Å². The second-order valence-corrected chi connectivity index (χ2v) is 5.56. The van der Waals surface area contributed by atoms with E-state index in [2.05, 4.69) is 27.9 Å². The number of halogens is 1. The summed E-state index contributed by atoms with van der Waals surface area (Å²) in [5, 5.41) is 11.6. The van der Waals surface area contributed by atoms with E-state index < -0.39 is 5.97 Å². The molecule has 0 bridgehead atoms. The van der Waals surface area contributed by atoms with Crippen molar-refractivity contribution in [2.45, 2.75) is 26.3 Å². The van der Waals surface area contributed by atoms with Crippen LogP contribution in [0.25, 0.3) is 0 Å². The number of hydrogen-bond acceptors (Lipinski definition) is 2. The molecule has 0 aromatic heterocycles. The number of hydrogen-bond donors (Lipinski definition) is 2. The van der Waals surface area contributed by atoms with Crippen LogP contribution >= 0.6 is 22.6 Å². The SMILES string of the molecule is CC(C)C(CC(=O)O)NC(=O)c1ccccc1I. The van der Waals surface area contributed by atoms with Gasteiger partial charge in [0.25, 0.3) is 5.91 Å². The number of benzene rings is 1. The smallest absolute Gasteiger partial charge is 0.305 e. The van der Waals surface area contributed by atoms with Crippen molar-refractivity contribution in [3.8, 4) is 0 Å². The number of carbonyl (C=O) groups excluding carboxylic acids is 1. The van der Waals surface area contributed by atoms with Crippen molar-refractivity contribution in [2.75, 3.05) is 0 Å². The molecule has 1 amide bonds. The molecule has 1 atom stereocenters. The maximum Gasteiger partial charge on any atom is 0.305 e. The predicted molar refractivity (Wildman–Crippen MR) is 77.5 cm³/mol. The summed E-state index contributed by atoms with van der Waals surface area (Å²) in [6, 6.07) is 6.87. The lowest BCUT2D eigenvalue weighted by molar-refractivity contribution is -0.137. The molecule has 0 saturated carbocycles. The van der Waals surface area contributed by atoms with Gasteiger partial charge in [-0.05, 0) is 40.6 Å². The Bertz CT molecular complexity index is 446. The molecule has 0 spiro atoms. The van der Waals surface area contributed by atoms with Gasteiger partial charge in [-0.15, -0.1) is 0 Å². The molecule has 0 aliphatic carbocycles. The van der Waals surface area contributed by atoms with Gasteiger partial charge in [0.2, 0.25) is 0 Å². The van der Waals surface area contributed by atoms with Crippen LogP contribution in [0.5, 0.6) is 0 Å². The largest absolute Gasteiger partial charge is 0.481 e. The molecule has 0 aliphatic heterocycles. The van der Waals surface area contributed by atoms with Crippen LogP contribution in [-0.4, -0.2) is 23.0 Å². The number of amides is 1. The molecule has 2 N–H and O–H groups in total. The van der Waals surface area contributed by atoms with Gasteiger partial charge in [-0.3, -0.25) is 9.59 Å². The second-order valence-electron chi connectivity index (χ2n) is 4.40. The molecule has 1 unspecified atom stereocenters. The molecule has 18 heavy (non-hydrogen) atoms. The van der Waals surface area contributed by atoms with Crippen LogP contribution in [0.4, 0.5) is 0 Å². The lowest BCUT2D eigenvalue weighted by Gasteiger charge is -2.20. The first-order valence-corrected chi connectivity index (χ1v) is 6.77. The van der Waals surface area contributed by atoms with Crippen LogP contribution in [0.2, 0.25) is 0 Å².